The first-order valence-electron chi connectivity index (χ1n) is 18.3. The van der Waals surface area contributed by atoms with Gasteiger partial charge in [-0.25, -0.2) is 4.21 Å². The molecule has 6 rings (SSSR count). The van der Waals surface area contributed by atoms with E-state index in [1.165, 1.54) is 24.0 Å². The lowest BCUT2D eigenvalue weighted by atomic mass is 10.0. The topological polar surface area (TPSA) is 176 Å². The monoisotopic (exact) mass is 793 g/mol. The van der Waals surface area contributed by atoms with Gasteiger partial charge in [0.25, 0.3) is 5.91 Å². The Morgan fingerprint density at radius 3 is 1.70 bits per heavy atom. The zero-order valence-corrected chi connectivity index (χ0v) is 34.3. The molecule has 2 aromatic heterocycles. The number of hydrogen-bond donors (Lipinski definition) is 1. The Bertz CT molecular complexity index is 2280. The number of benzene rings is 2. The molecule has 302 valence electrons. The second kappa shape index (κ2) is 17.6. The second-order valence-electron chi connectivity index (χ2n) is 15.1. The molecule has 2 aliphatic rings. The maximum atomic E-state index is 13.0. The van der Waals surface area contributed by atoms with E-state index in [1.807, 2.05) is 30.6 Å². The summed E-state index contributed by atoms with van der Waals surface area (Å²) in [6, 6.07) is 9.24. The molecule has 0 spiro atoms. The summed E-state index contributed by atoms with van der Waals surface area (Å²) in [5.41, 5.74) is 2.14. The summed E-state index contributed by atoms with van der Waals surface area (Å²) in [4.78, 5) is 57.3. The molecule has 0 aliphatic carbocycles. The second-order valence-corrected chi connectivity index (χ2v) is 17.0. The number of morpholine rings is 2. The van der Waals surface area contributed by atoms with Crippen LogP contribution in [0.15, 0.2) is 59.2 Å². The van der Waals surface area contributed by atoms with E-state index in [0.717, 1.165) is 0 Å². The van der Waals surface area contributed by atoms with Crippen LogP contribution >= 0.6 is 0 Å². The van der Waals surface area contributed by atoms with E-state index in [9.17, 15) is 28.5 Å². The molecule has 1 unspecified atom stereocenters. The van der Waals surface area contributed by atoms with E-state index < -0.39 is 22.0 Å². The van der Waals surface area contributed by atoms with Crippen LogP contribution in [-0.2, 0) is 20.5 Å². The predicted octanol–water partition coefficient (Wildman–Crippen LogP) is 3.99. The average Bonchev–Trinajstić information content (AvgIpc) is 3.16. The lowest BCUT2D eigenvalue weighted by Crippen LogP contribution is -2.36. The van der Waals surface area contributed by atoms with Gasteiger partial charge in [-0.1, -0.05) is 0 Å². The van der Waals surface area contributed by atoms with Crippen molar-refractivity contribution in [1.82, 2.24) is 9.80 Å². The standard InChI is InChI=1S/C22H29N3O5S.C18H22N2O5/c1-14(23-31(28)22(2,3)4)16-11-15(21(27)24(5)6)12-17-18(26)13-19(30-20(16)17)25-7-9-29-10-8-25;1-11(21)13-8-12(18(23)19(2)3)9-14-15(22)10-16(25-17(13)14)20-4-6-24-7-5-20/h11-13H,7-10H2,1-6H3;8-10,18,23H,4-7H2,1-3H3/t31-;/m1./s1. The molecule has 2 aromatic carbocycles. The Morgan fingerprint density at radius 1 is 0.768 bits per heavy atom. The van der Waals surface area contributed by atoms with Gasteiger partial charge in [-0.05, 0) is 78.5 Å². The Morgan fingerprint density at radius 2 is 1.25 bits per heavy atom. The summed E-state index contributed by atoms with van der Waals surface area (Å²) in [5.74, 6) is 0.410. The Kier molecular flexibility index (Phi) is 13.3. The molecule has 2 aliphatic heterocycles. The fourth-order valence-electron chi connectivity index (χ4n) is 6.06. The molecule has 56 heavy (non-hydrogen) atoms. The van der Waals surface area contributed by atoms with Gasteiger partial charge in [0.05, 0.1) is 53.2 Å². The minimum Gasteiger partial charge on any atom is -0.440 e. The number of aliphatic hydroxyl groups excluding tert-OH is 1. The normalized spacial score (nSPS) is 16.4. The van der Waals surface area contributed by atoms with Crippen molar-refractivity contribution < 1.29 is 37.2 Å². The van der Waals surface area contributed by atoms with Crippen LogP contribution in [0.4, 0.5) is 11.8 Å². The van der Waals surface area contributed by atoms with Crippen LogP contribution in [0, 0.1) is 0 Å². The summed E-state index contributed by atoms with van der Waals surface area (Å²) in [7, 11) is 5.21. The number of carbonyl (C=O) groups is 2. The highest BCUT2D eigenvalue weighted by Gasteiger charge is 2.24. The Balaban J connectivity index is 0.000000219. The van der Waals surface area contributed by atoms with Gasteiger partial charge in [0.1, 0.15) is 22.8 Å². The van der Waals surface area contributed by atoms with Gasteiger partial charge in [0.15, 0.2) is 34.0 Å². The summed E-state index contributed by atoms with van der Waals surface area (Å²) in [5, 5.41) is 10.9. The summed E-state index contributed by atoms with van der Waals surface area (Å²) in [6.07, 6.45) is -0.916. The minimum absolute atomic E-state index is 0.222. The molecule has 4 aromatic rings. The first kappa shape index (κ1) is 42.4. The van der Waals surface area contributed by atoms with Crippen molar-refractivity contribution in [2.24, 2.45) is 4.40 Å². The molecular weight excluding hydrogens is 743 g/mol. The molecule has 1 N–H and O–H groups in total. The SMILES string of the molecule is CC(=N[S@](=O)C(C)(C)C)c1cc(C(=O)N(C)C)cc2c(=O)cc(N3CCOCC3)oc12.CC(=O)c1cc(C(O)N(C)C)cc2c(=O)cc(N3CCOCC3)oc12. The zero-order chi connectivity index (χ0) is 41.1. The van der Waals surface area contributed by atoms with E-state index in [-0.39, 0.29) is 33.5 Å². The van der Waals surface area contributed by atoms with Crippen LogP contribution in [0.3, 0.4) is 0 Å². The van der Waals surface area contributed by atoms with Crippen molar-refractivity contribution in [3.05, 3.63) is 79.1 Å². The third-order valence-corrected chi connectivity index (χ3v) is 10.7. The first-order valence-corrected chi connectivity index (χ1v) is 19.4. The number of Topliss-reactive ketones (excluding diaryl/α,β-unsaturated/α-hetero) is 1. The number of anilines is 2. The van der Waals surface area contributed by atoms with E-state index in [2.05, 4.69) is 4.40 Å². The first-order chi connectivity index (χ1) is 26.4. The van der Waals surface area contributed by atoms with Gasteiger partial charge >= 0.3 is 0 Å². The summed E-state index contributed by atoms with van der Waals surface area (Å²) < 4.78 is 39.2. The van der Waals surface area contributed by atoms with E-state index >= 15 is 0 Å². The van der Waals surface area contributed by atoms with Crippen molar-refractivity contribution in [3.8, 4) is 0 Å². The van der Waals surface area contributed by atoms with Gasteiger partial charge in [-0.3, -0.25) is 24.1 Å². The van der Waals surface area contributed by atoms with Crippen LogP contribution in [0.5, 0.6) is 0 Å². The molecule has 2 atom stereocenters. The van der Waals surface area contributed by atoms with E-state index in [0.29, 0.717) is 103 Å². The Labute approximate surface area is 328 Å². The molecule has 4 heterocycles. The van der Waals surface area contributed by atoms with Gasteiger partial charge in [0.2, 0.25) is 0 Å². The lowest BCUT2D eigenvalue weighted by Gasteiger charge is -2.27. The van der Waals surface area contributed by atoms with Gasteiger partial charge in [0, 0.05) is 63.5 Å². The molecular formula is C40H51N5O10S. The molecule has 16 heteroatoms. The number of ketones is 1. The van der Waals surface area contributed by atoms with Crippen molar-refractivity contribution in [3.63, 3.8) is 0 Å². The predicted molar refractivity (Wildman–Crippen MR) is 218 cm³/mol. The average molecular weight is 794 g/mol. The third-order valence-electron chi connectivity index (χ3n) is 9.25. The van der Waals surface area contributed by atoms with Crippen LogP contribution < -0.4 is 20.7 Å². The zero-order valence-electron chi connectivity index (χ0n) is 33.5. The number of hydrogen-bond acceptors (Lipinski definition) is 13. The van der Waals surface area contributed by atoms with Crippen molar-refractivity contribution >= 4 is 62.1 Å². The highest BCUT2D eigenvalue weighted by atomic mass is 32.2. The number of rotatable bonds is 8. The van der Waals surface area contributed by atoms with E-state index in [4.69, 9.17) is 18.3 Å². The molecule has 15 nitrogen and oxygen atoms in total. The lowest BCUT2D eigenvalue weighted by molar-refractivity contribution is 0.0396. The van der Waals surface area contributed by atoms with Gasteiger partial charge in [-0.15, -0.1) is 0 Å². The van der Waals surface area contributed by atoms with Crippen molar-refractivity contribution in [2.75, 3.05) is 90.6 Å². The van der Waals surface area contributed by atoms with Crippen molar-refractivity contribution in [2.45, 2.75) is 45.6 Å². The number of fused-ring (bicyclic) bond motifs is 2. The number of nitrogens with zero attached hydrogens (tertiary/aromatic N) is 5. The third kappa shape index (κ3) is 9.61. The molecule has 2 saturated heterocycles. The van der Waals surface area contributed by atoms with E-state index in [1.54, 1.807) is 64.3 Å². The molecule has 2 fully saturated rings. The van der Waals surface area contributed by atoms with Crippen LogP contribution in [0.2, 0.25) is 0 Å². The fraction of sp³-hybridized carbons (Fsp3) is 0.475. The maximum Gasteiger partial charge on any atom is 0.253 e. The molecule has 1 amide bonds. The molecule has 0 radical (unpaired) electrons. The molecule has 0 bridgehead atoms. The highest BCUT2D eigenvalue weighted by Crippen LogP contribution is 2.29. The summed E-state index contributed by atoms with van der Waals surface area (Å²) in [6.45, 7) is 13.3. The van der Waals surface area contributed by atoms with Gasteiger partial charge in [-0.2, -0.15) is 4.40 Å². The minimum atomic E-state index is -1.51. The Hall–Kier alpha value is -4.74. The molecule has 0 saturated carbocycles. The number of carbonyl (C=O) groups excluding carboxylic acids is 2. The quantitative estimate of drug-likeness (QED) is 0.154. The van der Waals surface area contributed by atoms with Crippen LogP contribution in [-0.4, -0.2) is 122 Å². The van der Waals surface area contributed by atoms with Crippen molar-refractivity contribution in [1.29, 1.82) is 0 Å². The number of amides is 1. The smallest absolute Gasteiger partial charge is 0.253 e. The van der Waals surface area contributed by atoms with Crippen LogP contribution in [0.25, 0.3) is 21.9 Å². The summed E-state index contributed by atoms with van der Waals surface area (Å²) >= 11 is 0. The fourth-order valence-corrected chi connectivity index (χ4v) is 6.68. The highest BCUT2D eigenvalue weighted by molar-refractivity contribution is 7.85. The largest absolute Gasteiger partial charge is 0.440 e. The number of aliphatic hydroxyl groups is 1. The van der Waals surface area contributed by atoms with Crippen LogP contribution in [0.1, 0.15) is 72.7 Å². The number of ether oxygens (including phenoxy) is 2. The maximum absolute atomic E-state index is 13.0. The van der Waals surface area contributed by atoms with Gasteiger partial charge < -0.3 is 38.1 Å².